The Kier molecular flexibility index (Phi) is 3.59. The molecule has 3 heteroatoms. The molecule has 0 aromatic carbocycles. The lowest BCUT2D eigenvalue weighted by atomic mass is 9.60. The Labute approximate surface area is 82.1 Å². The Morgan fingerprint density at radius 1 is 1.31 bits per heavy atom. The standard InChI is InChI=1S/C10H21BO2/c1-9(2,3)6-7(8(12)13)10(4,5)11/h7H,6,11H2,1-5H3,(H,12,13). The van der Waals surface area contributed by atoms with E-state index in [0.29, 0.717) is 0 Å². The number of hydrogen-bond donors (Lipinski definition) is 1. The normalized spacial score (nSPS) is 15.5. The molecule has 0 spiro atoms. The van der Waals surface area contributed by atoms with Gasteiger partial charge in [0, 0.05) is 0 Å². The van der Waals surface area contributed by atoms with Crippen LogP contribution in [0.15, 0.2) is 0 Å². The highest BCUT2D eigenvalue weighted by Crippen LogP contribution is 2.38. The molecule has 0 saturated carbocycles. The van der Waals surface area contributed by atoms with Crippen molar-refractivity contribution >= 4 is 13.8 Å². The van der Waals surface area contributed by atoms with Crippen molar-refractivity contribution in [1.82, 2.24) is 0 Å². The first kappa shape index (κ1) is 12.5. The summed E-state index contributed by atoms with van der Waals surface area (Å²) in [5.41, 5.74) is 0.0797. The maximum atomic E-state index is 11.0. The fraction of sp³-hybridized carbons (Fsp3) is 0.900. The molecule has 1 atom stereocenters. The third-order valence-electron chi connectivity index (χ3n) is 2.16. The van der Waals surface area contributed by atoms with Gasteiger partial charge in [0.25, 0.3) is 0 Å². The van der Waals surface area contributed by atoms with Crippen LogP contribution < -0.4 is 0 Å². The SMILES string of the molecule is BC(C)(C)C(CC(C)(C)C)C(=O)O. The predicted molar refractivity (Wildman–Crippen MR) is 57.8 cm³/mol. The van der Waals surface area contributed by atoms with Crippen molar-refractivity contribution in [3.63, 3.8) is 0 Å². The molecule has 13 heavy (non-hydrogen) atoms. The summed E-state index contributed by atoms with van der Waals surface area (Å²) in [6.07, 6.45) is 0.728. The lowest BCUT2D eigenvalue weighted by molar-refractivity contribution is -0.144. The highest BCUT2D eigenvalue weighted by atomic mass is 16.4. The van der Waals surface area contributed by atoms with Crippen molar-refractivity contribution in [2.24, 2.45) is 11.3 Å². The van der Waals surface area contributed by atoms with E-state index in [4.69, 9.17) is 5.11 Å². The lowest BCUT2D eigenvalue weighted by Gasteiger charge is -2.32. The van der Waals surface area contributed by atoms with Gasteiger partial charge in [-0.1, -0.05) is 39.9 Å². The van der Waals surface area contributed by atoms with E-state index in [0.717, 1.165) is 6.42 Å². The van der Waals surface area contributed by atoms with E-state index in [2.05, 4.69) is 20.8 Å². The molecule has 0 aromatic heterocycles. The first-order valence-corrected chi connectivity index (χ1v) is 4.77. The average Bonchev–Trinajstić information content (AvgIpc) is 1.77. The zero-order chi connectivity index (χ0) is 10.9. The lowest BCUT2D eigenvalue weighted by Crippen LogP contribution is -2.30. The molecular weight excluding hydrogens is 163 g/mol. The fourth-order valence-corrected chi connectivity index (χ4v) is 1.38. The van der Waals surface area contributed by atoms with E-state index < -0.39 is 5.97 Å². The topological polar surface area (TPSA) is 37.3 Å². The minimum Gasteiger partial charge on any atom is -0.481 e. The summed E-state index contributed by atoms with van der Waals surface area (Å²) in [6.45, 7) is 10.2. The Balaban J connectivity index is 4.56. The average molecular weight is 184 g/mol. The van der Waals surface area contributed by atoms with Crippen molar-refractivity contribution in [3.05, 3.63) is 0 Å². The summed E-state index contributed by atoms with van der Waals surface area (Å²) in [4.78, 5) is 11.0. The monoisotopic (exact) mass is 184 g/mol. The predicted octanol–water partition coefficient (Wildman–Crippen LogP) is 1.96. The molecule has 0 aliphatic rings. The molecule has 0 amide bonds. The molecule has 0 radical (unpaired) electrons. The smallest absolute Gasteiger partial charge is 0.306 e. The molecule has 76 valence electrons. The van der Waals surface area contributed by atoms with E-state index in [1.807, 2.05) is 21.7 Å². The fourth-order valence-electron chi connectivity index (χ4n) is 1.38. The molecule has 0 saturated heterocycles. The molecule has 0 aromatic rings. The zero-order valence-corrected chi connectivity index (χ0v) is 9.64. The number of hydrogen-bond acceptors (Lipinski definition) is 1. The number of carboxylic acids is 1. The summed E-state index contributed by atoms with van der Waals surface area (Å²) in [5.74, 6) is -0.935. The summed E-state index contributed by atoms with van der Waals surface area (Å²) < 4.78 is 0. The number of carbonyl (C=O) groups is 1. The van der Waals surface area contributed by atoms with E-state index in [9.17, 15) is 4.79 Å². The first-order valence-electron chi connectivity index (χ1n) is 4.77. The molecule has 0 aliphatic heterocycles. The van der Waals surface area contributed by atoms with E-state index >= 15 is 0 Å². The highest BCUT2D eigenvalue weighted by Gasteiger charge is 2.34. The minimum absolute atomic E-state index is 0.0797. The van der Waals surface area contributed by atoms with Gasteiger partial charge in [0.15, 0.2) is 0 Å². The van der Waals surface area contributed by atoms with Crippen LogP contribution in [0.2, 0.25) is 5.31 Å². The molecule has 0 fully saturated rings. The number of carboxylic acid groups (broad SMARTS) is 1. The third kappa shape index (κ3) is 4.96. The van der Waals surface area contributed by atoms with Crippen LogP contribution in [0.4, 0.5) is 0 Å². The van der Waals surface area contributed by atoms with Crippen LogP contribution in [-0.4, -0.2) is 18.9 Å². The molecule has 1 unspecified atom stereocenters. The van der Waals surface area contributed by atoms with E-state index in [1.54, 1.807) is 0 Å². The van der Waals surface area contributed by atoms with Gasteiger partial charge in [-0.3, -0.25) is 4.79 Å². The quantitative estimate of drug-likeness (QED) is 0.680. The number of aliphatic carboxylic acids is 1. The van der Waals surface area contributed by atoms with Crippen molar-refractivity contribution in [3.8, 4) is 0 Å². The summed E-state index contributed by atoms with van der Waals surface area (Å²) in [7, 11) is 1.98. The molecule has 2 nitrogen and oxygen atoms in total. The Hall–Kier alpha value is -0.465. The van der Waals surface area contributed by atoms with Crippen molar-refractivity contribution in [1.29, 1.82) is 0 Å². The van der Waals surface area contributed by atoms with Gasteiger partial charge < -0.3 is 5.11 Å². The molecule has 1 N–H and O–H groups in total. The van der Waals surface area contributed by atoms with Crippen LogP contribution in [-0.2, 0) is 4.79 Å². The van der Waals surface area contributed by atoms with Gasteiger partial charge in [-0.05, 0) is 11.8 Å². The largest absolute Gasteiger partial charge is 0.481 e. The van der Waals surface area contributed by atoms with Gasteiger partial charge in [-0.15, -0.1) is 0 Å². The van der Waals surface area contributed by atoms with Gasteiger partial charge in [0.05, 0.1) is 5.92 Å². The first-order chi connectivity index (χ1) is 5.54. The molecule has 0 aliphatic carbocycles. The molecule has 0 heterocycles. The Morgan fingerprint density at radius 3 is 1.77 bits per heavy atom. The summed E-state index contributed by atoms with van der Waals surface area (Å²) >= 11 is 0. The van der Waals surface area contributed by atoms with Crippen LogP contribution >= 0.6 is 0 Å². The maximum Gasteiger partial charge on any atom is 0.306 e. The van der Waals surface area contributed by atoms with Crippen molar-refractivity contribution < 1.29 is 9.90 Å². The van der Waals surface area contributed by atoms with Crippen LogP contribution in [0.1, 0.15) is 41.0 Å². The second-order valence-electron chi connectivity index (χ2n) is 6.02. The van der Waals surface area contributed by atoms with Crippen LogP contribution in [0.5, 0.6) is 0 Å². The summed E-state index contributed by atoms with van der Waals surface area (Å²) in [5, 5.41) is 8.92. The maximum absolute atomic E-state index is 11.0. The Bertz CT molecular complexity index is 186. The second-order valence-corrected chi connectivity index (χ2v) is 6.02. The van der Waals surface area contributed by atoms with Crippen molar-refractivity contribution in [2.75, 3.05) is 0 Å². The molecule has 0 bridgehead atoms. The zero-order valence-electron chi connectivity index (χ0n) is 9.64. The van der Waals surface area contributed by atoms with Gasteiger partial charge in [-0.25, -0.2) is 0 Å². The van der Waals surface area contributed by atoms with Crippen LogP contribution in [0.3, 0.4) is 0 Å². The third-order valence-corrected chi connectivity index (χ3v) is 2.16. The van der Waals surface area contributed by atoms with Crippen LogP contribution in [0.25, 0.3) is 0 Å². The molecule has 0 rings (SSSR count). The highest BCUT2D eigenvalue weighted by molar-refractivity contribution is 6.16. The van der Waals surface area contributed by atoms with Crippen LogP contribution in [0, 0.1) is 11.3 Å². The summed E-state index contributed by atoms with van der Waals surface area (Å²) in [6, 6.07) is 0. The minimum atomic E-state index is -0.678. The van der Waals surface area contributed by atoms with Gasteiger partial charge in [-0.2, -0.15) is 0 Å². The molecular formula is C10H21BO2. The van der Waals surface area contributed by atoms with Gasteiger partial charge in [0.1, 0.15) is 7.85 Å². The van der Waals surface area contributed by atoms with Gasteiger partial charge >= 0.3 is 5.97 Å². The Morgan fingerprint density at radius 2 is 1.69 bits per heavy atom. The second kappa shape index (κ2) is 3.73. The van der Waals surface area contributed by atoms with E-state index in [-0.39, 0.29) is 16.6 Å². The van der Waals surface area contributed by atoms with Crippen molar-refractivity contribution in [2.45, 2.75) is 46.4 Å². The number of rotatable bonds is 3. The van der Waals surface area contributed by atoms with Gasteiger partial charge in [0.2, 0.25) is 0 Å². The van der Waals surface area contributed by atoms with E-state index in [1.165, 1.54) is 0 Å².